The first-order valence-electron chi connectivity index (χ1n) is 8.71. The number of H-pyrrole nitrogens is 1. The summed E-state index contributed by atoms with van der Waals surface area (Å²) in [6.07, 6.45) is 0.710. The number of aromatic amines is 1. The monoisotopic (exact) mass is 478 g/mol. The molecule has 1 heterocycles. The van der Waals surface area contributed by atoms with Crippen LogP contribution in [0.1, 0.15) is 10.4 Å². The Bertz CT molecular complexity index is 1220. The number of rotatable bonds is 8. The number of hydrogen-bond donors (Lipinski definition) is 6. The summed E-state index contributed by atoms with van der Waals surface area (Å²) in [5.74, 6) is -3.55. The second kappa shape index (κ2) is 10.6. The highest BCUT2D eigenvalue weighted by atomic mass is 32.2. The van der Waals surface area contributed by atoms with Crippen molar-refractivity contribution in [1.82, 2.24) is 9.97 Å². The van der Waals surface area contributed by atoms with E-state index in [1.54, 1.807) is 0 Å². The highest BCUT2D eigenvalue weighted by Gasteiger charge is 2.16. The number of nitrogens with one attached hydrogen (secondary N) is 2. The third-order valence-electron chi connectivity index (χ3n) is 3.70. The van der Waals surface area contributed by atoms with Gasteiger partial charge in [-0.1, -0.05) is 11.8 Å². The van der Waals surface area contributed by atoms with Crippen molar-refractivity contribution < 1.29 is 24.4 Å². The Morgan fingerprint density at radius 3 is 2.73 bits per heavy atom. The SMILES string of the molecule is COc1cc(C(=O)Nc2c(N)nc(SCC(=O)N=C(N)/C=C(\N)[N+](=O)[O-])[nH]c2=O)ccc1O. The van der Waals surface area contributed by atoms with Crippen molar-refractivity contribution in [2.45, 2.75) is 5.16 Å². The van der Waals surface area contributed by atoms with E-state index >= 15 is 0 Å². The number of carbonyl (C=O) groups is 2. The molecule has 0 bridgehead atoms. The van der Waals surface area contributed by atoms with E-state index in [1.807, 2.05) is 0 Å². The van der Waals surface area contributed by atoms with E-state index < -0.39 is 34.0 Å². The number of aliphatic imine (C=N–C) groups is 1. The number of phenols is 1. The normalized spacial score (nSPS) is 11.7. The van der Waals surface area contributed by atoms with Gasteiger partial charge in [-0.15, -0.1) is 0 Å². The molecule has 16 heteroatoms. The maximum absolute atomic E-state index is 12.4. The lowest BCUT2D eigenvalue weighted by Gasteiger charge is -2.09. The van der Waals surface area contributed by atoms with Crippen LogP contribution < -0.4 is 32.8 Å². The van der Waals surface area contributed by atoms with Crippen LogP contribution in [0, 0.1) is 10.1 Å². The fourth-order valence-corrected chi connectivity index (χ4v) is 2.86. The molecule has 33 heavy (non-hydrogen) atoms. The van der Waals surface area contributed by atoms with Crippen molar-refractivity contribution >= 4 is 40.9 Å². The molecule has 0 radical (unpaired) electrons. The lowest BCUT2D eigenvalue weighted by molar-refractivity contribution is -0.426. The molecule has 0 unspecified atom stereocenters. The number of anilines is 2. The first kappa shape index (κ1) is 24.7. The summed E-state index contributed by atoms with van der Waals surface area (Å²) in [7, 11) is 1.31. The molecule has 0 fully saturated rings. The number of amidine groups is 1. The van der Waals surface area contributed by atoms with Gasteiger partial charge in [-0.25, -0.2) is 4.98 Å². The number of thioether (sulfide) groups is 1. The highest BCUT2D eigenvalue weighted by Crippen LogP contribution is 2.26. The second-order valence-corrected chi connectivity index (χ2v) is 6.98. The van der Waals surface area contributed by atoms with Crippen molar-refractivity contribution in [3.8, 4) is 11.5 Å². The van der Waals surface area contributed by atoms with Gasteiger partial charge in [-0.05, 0) is 23.1 Å². The number of amides is 2. The molecule has 0 aliphatic carbocycles. The lowest BCUT2D eigenvalue weighted by Crippen LogP contribution is -2.23. The molecule has 0 spiro atoms. The van der Waals surface area contributed by atoms with Crippen LogP contribution in [0.25, 0.3) is 0 Å². The van der Waals surface area contributed by atoms with Gasteiger partial charge in [0.1, 0.15) is 11.5 Å². The minimum atomic E-state index is -0.905. The molecule has 0 saturated heterocycles. The number of nitrogens with zero attached hydrogens (tertiary/aromatic N) is 3. The molecule has 0 atom stereocenters. The zero-order valence-corrected chi connectivity index (χ0v) is 17.7. The van der Waals surface area contributed by atoms with E-state index in [2.05, 4.69) is 20.3 Å². The van der Waals surface area contributed by atoms with Gasteiger partial charge in [0.05, 0.1) is 18.9 Å². The lowest BCUT2D eigenvalue weighted by atomic mass is 10.2. The maximum Gasteiger partial charge on any atom is 0.317 e. The van der Waals surface area contributed by atoms with Crippen LogP contribution in [-0.4, -0.2) is 50.5 Å². The van der Waals surface area contributed by atoms with E-state index in [1.165, 1.54) is 25.3 Å². The van der Waals surface area contributed by atoms with Crippen LogP contribution >= 0.6 is 11.8 Å². The fourth-order valence-electron chi connectivity index (χ4n) is 2.21. The van der Waals surface area contributed by atoms with Gasteiger partial charge >= 0.3 is 5.82 Å². The van der Waals surface area contributed by atoms with E-state index in [-0.39, 0.29) is 39.5 Å². The van der Waals surface area contributed by atoms with Crippen molar-refractivity contribution in [3.63, 3.8) is 0 Å². The molecule has 0 aliphatic heterocycles. The largest absolute Gasteiger partial charge is 0.504 e. The molecule has 9 N–H and O–H groups in total. The Morgan fingerprint density at radius 1 is 1.42 bits per heavy atom. The van der Waals surface area contributed by atoms with Crippen molar-refractivity contribution in [2.24, 2.45) is 16.5 Å². The Morgan fingerprint density at radius 2 is 2.12 bits per heavy atom. The van der Waals surface area contributed by atoms with Crippen molar-refractivity contribution in [1.29, 1.82) is 0 Å². The predicted molar refractivity (Wildman–Crippen MR) is 119 cm³/mol. The number of nitrogens with two attached hydrogens (primary N) is 3. The van der Waals surface area contributed by atoms with E-state index in [9.17, 15) is 29.6 Å². The summed E-state index contributed by atoms with van der Waals surface area (Å²) in [6, 6.07) is 3.81. The molecule has 1 aromatic carbocycles. The number of nitro groups is 1. The van der Waals surface area contributed by atoms with E-state index in [4.69, 9.17) is 21.9 Å². The van der Waals surface area contributed by atoms with Gasteiger partial charge in [-0.3, -0.25) is 25.1 Å². The molecule has 2 amide bonds. The van der Waals surface area contributed by atoms with Crippen LogP contribution in [0.4, 0.5) is 11.5 Å². The molecule has 15 nitrogen and oxygen atoms in total. The number of phenolic OH excluding ortho intramolecular Hbond substituents is 1. The maximum atomic E-state index is 12.4. The number of nitrogen functional groups attached to an aromatic ring is 1. The molecule has 0 saturated carbocycles. The Labute approximate surface area is 188 Å². The smallest absolute Gasteiger partial charge is 0.317 e. The standard InChI is InChI=1S/C17H18N8O7S/c1-32-9-4-7(2-3-8(9)26)15(28)22-13-14(20)23-17(24-16(13)29)33-6-12(27)21-10(18)5-11(19)25(30)31/h2-5,26H,6,19H2,1H3,(H,22,28)(H2,18,21,27)(H3,20,23,24,29)/b11-5+. The third kappa shape index (κ3) is 6.69. The molecule has 2 aromatic rings. The molecular formula is C17H18N8O7S. The number of carbonyl (C=O) groups excluding carboxylic acids is 2. The topological polar surface area (TPSA) is 255 Å². The number of methoxy groups -OCH3 is 1. The second-order valence-electron chi connectivity index (χ2n) is 6.02. The number of aromatic hydroxyl groups is 1. The van der Waals surface area contributed by atoms with Crippen molar-refractivity contribution in [2.75, 3.05) is 23.9 Å². The Balaban J connectivity index is 2.10. The first-order chi connectivity index (χ1) is 15.5. The number of aromatic nitrogens is 2. The summed E-state index contributed by atoms with van der Waals surface area (Å²) >= 11 is 0.753. The summed E-state index contributed by atoms with van der Waals surface area (Å²) in [4.78, 5) is 55.7. The number of hydrogen-bond acceptors (Lipinski definition) is 11. The molecule has 1 aromatic heterocycles. The van der Waals surface area contributed by atoms with Gasteiger partial charge in [0.2, 0.25) is 0 Å². The molecule has 174 valence electrons. The van der Waals surface area contributed by atoms with E-state index in [0.717, 1.165) is 11.8 Å². The zero-order chi connectivity index (χ0) is 24.7. The fraction of sp³-hybridized carbons (Fsp3) is 0.118. The van der Waals surface area contributed by atoms with Gasteiger partial charge in [0.25, 0.3) is 17.4 Å². The van der Waals surface area contributed by atoms with Crippen molar-refractivity contribution in [3.05, 3.63) is 56.1 Å². The van der Waals surface area contributed by atoms with Crippen LogP contribution in [-0.2, 0) is 4.79 Å². The van der Waals surface area contributed by atoms with Crippen LogP contribution in [0.5, 0.6) is 11.5 Å². The number of benzene rings is 1. The average Bonchev–Trinajstić information content (AvgIpc) is 2.74. The summed E-state index contributed by atoms with van der Waals surface area (Å²) in [5.41, 5.74) is 15.2. The minimum absolute atomic E-state index is 0.0516. The highest BCUT2D eigenvalue weighted by molar-refractivity contribution is 7.99. The Hall–Kier alpha value is -4.60. The average molecular weight is 478 g/mol. The van der Waals surface area contributed by atoms with Crippen LogP contribution in [0.2, 0.25) is 0 Å². The molecule has 2 rings (SSSR count). The molecular weight excluding hydrogens is 460 g/mol. The molecule has 0 aliphatic rings. The van der Waals surface area contributed by atoms with Gasteiger partial charge in [0, 0.05) is 5.56 Å². The Kier molecular flexibility index (Phi) is 7.94. The van der Waals surface area contributed by atoms with Gasteiger partial charge in [-0.2, -0.15) is 4.99 Å². The minimum Gasteiger partial charge on any atom is -0.504 e. The van der Waals surface area contributed by atoms with E-state index in [0.29, 0.717) is 6.08 Å². The van der Waals surface area contributed by atoms with Gasteiger partial charge in [0.15, 0.2) is 22.5 Å². The first-order valence-corrected chi connectivity index (χ1v) is 9.69. The quantitative estimate of drug-likeness (QED) is 0.0692. The van der Waals surface area contributed by atoms with Crippen LogP contribution in [0.15, 0.2) is 45.0 Å². The van der Waals surface area contributed by atoms with Gasteiger partial charge < -0.3 is 36.7 Å². The summed E-state index contributed by atoms with van der Waals surface area (Å²) < 4.78 is 4.93. The van der Waals surface area contributed by atoms with Crippen LogP contribution in [0.3, 0.4) is 0 Å². The third-order valence-corrected chi connectivity index (χ3v) is 4.56. The zero-order valence-electron chi connectivity index (χ0n) is 16.9. The summed E-state index contributed by atoms with van der Waals surface area (Å²) in [6.45, 7) is 0. The summed E-state index contributed by atoms with van der Waals surface area (Å²) in [5, 5.41) is 22.3. The number of ether oxygens (including phenoxy) is 1. The predicted octanol–water partition coefficient (Wildman–Crippen LogP) is -0.629.